The molecule has 0 spiro atoms. The highest BCUT2D eigenvalue weighted by atomic mass is 32.2. The van der Waals surface area contributed by atoms with Gasteiger partial charge in [-0.05, 0) is 79.0 Å². The highest BCUT2D eigenvalue weighted by molar-refractivity contribution is 7.92. The summed E-state index contributed by atoms with van der Waals surface area (Å²) in [6.07, 6.45) is 1.13. The van der Waals surface area contributed by atoms with Crippen molar-refractivity contribution in [1.29, 1.82) is 0 Å². The predicted molar refractivity (Wildman–Crippen MR) is 157 cm³/mol. The second-order valence-electron chi connectivity index (χ2n) is 10.3. The highest BCUT2D eigenvalue weighted by Crippen LogP contribution is 2.36. The quantitative estimate of drug-likeness (QED) is 0.297. The van der Waals surface area contributed by atoms with E-state index in [-0.39, 0.29) is 18.4 Å². The summed E-state index contributed by atoms with van der Waals surface area (Å²) in [5, 5.41) is 21.5. The molecule has 1 aliphatic rings. The average Bonchev–Trinajstić information content (AvgIpc) is 3.81. The Kier molecular flexibility index (Phi) is 9.52. The number of amides is 2. The van der Waals surface area contributed by atoms with Crippen molar-refractivity contribution >= 4 is 40.1 Å². The summed E-state index contributed by atoms with van der Waals surface area (Å²) in [5.74, 6) is -0.478. The molecule has 4 rings (SSSR count). The Morgan fingerprint density at radius 2 is 1.78 bits per heavy atom. The summed E-state index contributed by atoms with van der Waals surface area (Å²) < 4.78 is 31.2. The van der Waals surface area contributed by atoms with Gasteiger partial charge in [0.15, 0.2) is 9.84 Å². The van der Waals surface area contributed by atoms with E-state index in [1.807, 2.05) is 37.3 Å². The van der Waals surface area contributed by atoms with Crippen molar-refractivity contribution in [2.75, 3.05) is 11.9 Å². The van der Waals surface area contributed by atoms with Crippen LogP contribution < -0.4 is 10.8 Å². The smallest absolute Gasteiger partial charge is 0.445 e. The summed E-state index contributed by atoms with van der Waals surface area (Å²) in [6.45, 7) is 5.11. The fraction of sp³-hybridized carbons (Fsp3) is 0.333. The Bertz CT molecular complexity index is 1510. The lowest BCUT2D eigenvalue weighted by molar-refractivity contribution is -0.117. The van der Waals surface area contributed by atoms with Gasteiger partial charge in [-0.15, -0.1) is 0 Å². The topological polar surface area (TPSA) is 133 Å². The third-order valence-electron chi connectivity index (χ3n) is 7.26. The van der Waals surface area contributed by atoms with Crippen molar-refractivity contribution in [3.63, 3.8) is 0 Å². The summed E-state index contributed by atoms with van der Waals surface area (Å²) in [7, 11) is -5.01. The zero-order chi connectivity index (χ0) is 29.7. The number of hydrogen-bond donors (Lipinski definition) is 3. The molecule has 1 aliphatic carbocycles. The van der Waals surface area contributed by atoms with E-state index in [4.69, 9.17) is 4.74 Å². The third kappa shape index (κ3) is 7.35. The van der Waals surface area contributed by atoms with Gasteiger partial charge in [0.2, 0.25) is 5.91 Å². The number of anilines is 1. The van der Waals surface area contributed by atoms with Gasteiger partial charge in [0.1, 0.15) is 13.2 Å². The summed E-state index contributed by atoms with van der Waals surface area (Å²) in [4.78, 5) is 28.1. The van der Waals surface area contributed by atoms with E-state index in [1.165, 1.54) is 11.0 Å². The number of nitrogens with one attached hydrogen (secondary N) is 1. The van der Waals surface area contributed by atoms with Crippen molar-refractivity contribution in [2.24, 2.45) is 0 Å². The fourth-order valence-corrected chi connectivity index (χ4v) is 6.72. The maximum absolute atomic E-state index is 13.3. The lowest BCUT2D eigenvalue weighted by atomic mass is 9.78. The molecule has 1 atom stereocenters. The molecule has 0 aromatic heterocycles. The zero-order valence-corrected chi connectivity index (χ0v) is 24.2. The van der Waals surface area contributed by atoms with Gasteiger partial charge in [-0.25, -0.2) is 13.2 Å². The molecule has 0 heterocycles. The van der Waals surface area contributed by atoms with Crippen LogP contribution in [0.2, 0.25) is 0 Å². The monoisotopic (exact) mass is 578 g/mol. The van der Waals surface area contributed by atoms with Gasteiger partial charge in [0.05, 0.1) is 16.2 Å². The molecule has 1 fully saturated rings. The number of rotatable bonds is 11. The molecule has 0 radical (unpaired) electrons. The van der Waals surface area contributed by atoms with Crippen LogP contribution in [-0.4, -0.2) is 54.3 Å². The number of carbonyl (C=O) groups excluding carboxylic acids is 2. The number of ether oxygens (including phenoxy) is 1. The summed E-state index contributed by atoms with van der Waals surface area (Å²) in [5.41, 5.74) is 3.59. The maximum Gasteiger partial charge on any atom is 0.488 e. The minimum Gasteiger partial charge on any atom is -0.445 e. The predicted octanol–water partition coefficient (Wildman–Crippen LogP) is 3.51. The van der Waals surface area contributed by atoms with Crippen molar-refractivity contribution in [3.05, 3.63) is 89.0 Å². The standard InChI is InChI=1S/C30H35BN2O7S/c1-4-23-17-25(11-15-28(23)41(38,39)26-12-13-26)32-29(34)18-33(30(35)40-19-22-8-6-5-7-9-22)21(3)27-14-10-24(31(36)37)16-20(27)2/h5-11,14-17,21,26,36-37H,4,12-13,18-19H2,1-3H3,(H,32,34)/t21-/m1/s1. The Balaban J connectivity index is 1.54. The molecule has 2 amide bonds. The van der Waals surface area contributed by atoms with Gasteiger partial charge >= 0.3 is 13.2 Å². The first-order valence-corrected chi connectivity index (χ1v) is 15.2. The second kappa shape index (κ2) is 12.9. The van der Waals surface area contributed by atoms with E-state index in [1.54, 1.807) is 44.2 Å². The SMILES string of the molecule is CCc1cc(NC(=O)CN(C(=O)OCc2ccccc2)[C@H](C)c2ccc(B(O)O)cc2C)ccc1S(=O)(=O)C1CC1. The first-order chi connectivity index (χ1) is 19.5. The molecule has 3 aromatic carbocycles. The number of nitrogens with zero attached hydrogens (tertiary/aromatic N) is 1. The number of hydrogen-bond acceptors (Lipinski definition) is 7. The molecule has 3 aromatic rings. The van der Waals surface area contributed by atoms with Crippen LogP contribution in [0.25, 0.3) is 0 Å². The van der Waals surface area contributed by atoms with Crippen molar-refractivity contribution < 1.29 is 32.8 Å². The number of carbonyl (C=O) groups is 2. The van der Waals surface area contributed by atoms with Crippen LogP contribution in [0.15, 0.2) is 71.6 Å². The van der Waals surface area contributed by atoms with Crippen LogP contribution in [0.5, 0.6) is 0 Å². The normalized spacial score (nSPS) is 13.8. The van der Waals surface area contributed by atoms with Crippen molar-refractivity contribution in [3.8, 4) is 0 Å². The molecule has 3 N–H and O–H groups in total. The molecular formula is C30H35BN2O7S. The molecule has 9 nitrogen and oxygen atoms in total. The Labute approximate surface area is 241 Å². The molecule has 41 heavy (non-hydrogen) atoms. The maximum atomic E-state index is 13.3. The van der Waals surface area contributed by atoms with Gasteiger partial charge in [0, 0.05) is 5.69 Å². The van der Waals surface area contributed by atoms with E-state index >= 15 is 0 Å². The molecular weight excluding hydrogens is 543 g/mol. The van der Waals surface area contributed by atoms with Gasteiger partial charge in [-0.2, -0.15) is 0 Å². The zero-order valence-electron chi connectivity index (χ0n) is 23.4. The van der Waals surface area contributed by atoms with Crippen LogP contribution in [0, 0.1) is 6.92 Å². The molecule has 216 valence electrons. The molecule has 1 saturated carbocycles. The second-order valence-corrected chi connectivity index (χ2v) is 12.5. The third-order valence-corrected chi connectivity index (χ3v) is 9.62. The van der Waals surface area contributed by atoms with Crippen LogP contribution in [0.1, 0.15) is 55.0 Å². The first kappa shape index (κ1) is 30.3. The average molecular weight is 578 g/mol. The van der Waals surface area contributed by atoms with Crippen LogP contribution in [0.4, 0.5) is 10.5 Å². The van der Waals surface area contributed by atoms with E-state index in [9.17, 15) is 28.1 Å². The largest absolute Gasteiger partial charge is 0.488 e. The minimum absolute atomic E-state index is 0.0237. The Morgan fingerprint density at radius 1 is 1.07 bits per heavy atom. The Morgan fingerprint density at radius 3 is 2.39 bits per heavy atom. The minimum atomic E-state index is -3.38. The first-order valence-electron chi connectivity index (χ1n) is 13.6. The van der Waals surface area contributed by atoms with E-state index < -0.39 is 35.0 Å². The lowest BCUT2D eigenvalue weighted by Crippen LogP contribution is -2.40. The van der Waals surface area contributed by atoms with E-state index in [0.29, 0.717) is 52.0 Å². The van der Waals surface area contributed by atoms with Crippen molar-refractivity contribution in [1.82, 2.24) is 4.90 Å². The van der Waals surface area contributed by atoms with Crippen LogP contribution >= 0.6 is 0 Å². The van der Waals surface area contributed by atoms with Gasteiger partial charge in [-0.3, -0.25) is 9.69 Å². The van der Waals surface area contributed by atoms with E-state index in [2.05, 4.69) is 5.32 Å². The lowest BCUT2D eigenvalue weighted by Gasteiger charge is -2.29. The number of benzene rings is 3. The van der Waals surface area contributed by atoms with Crippen molar-refractivity contribution in [2.45, 2.75) is 62.8 Å². The molecule has 0 bridgehead atoms. The van der Waals surface area contributed by atoms with Gasteiger partial charge in [-0.1, -0.05) is 55.5 Å². The number of aryl methyl sites for hydroxylation is 2. The fourth-order valence-electron chi connectivity index (χ4n) is 4.78. The highest BCUT2D eigenvalue weighted by Gasteiger charge is 2.38. The van der Waals surface area contributed by atoms with Crippen LogP contribution in [-0.2, 0) is 32.4 Å². The molecule has 0 saturated heterocycles. The van der Waals surface area contributed by atoms with Crippen LogP contribution in [0.3, 0.4) is 0 Å². The molecule has 0 unspecified atom stereocenters. The van der Waals surface area contributed by atoms with E-state index in [0.717, 1.165) is 5.56 Å². The number of sulfone groups is 1. The Hall–Kier alpha value is -3.67. The summed E-state index contributed by atoms with van der Waals surface area (Å²) in [6, 6.07) is 18.2. The van der Waals surface area contributed by atoms with Gasteiger partial charge < -0.3 is 20.1 Å². The molecule has 11 heteroatoms. The molecule has 0 aliphatic heterocycles. The summed E-state index contributed by atoms with van der Waals surface area (Å²) >= 11 is 0. The van der Waals surface area contributed by atoms with Gasteiger partial charge in [0.25, 0.3) is 0 Å².